The number of ether oxygens (including phenoxy) is 1. The number of hydrogen-bond acceptors (Lipinski definition) is 3. The normalized spacial score (nSPS) is 19.2. The van der Waals surface area contributed by atoms with Gasteiger partial charge in [-0.2, -0.15) is 0 Å². The summed E-state index contributed by atoms with van der Waals surface area (Å²) in [6.45, 7) is 8.47. The van der Waals surface area contributed by atoms with Crippen molar-refractivity contribution in [1.29, 1.82) is 0 Å². The smallest absolute Gasteiger partial charge is 0.253 e. The van der Waals surface area contributed by atoms with Crippen molar-refractivity contribution in [1.82, 2.24) is 4.90 Å². The number of carbonyl (C=O) groups excluding carboxylic acids is 1. The van der Waals surface area contributed by atoms with E-state index in [0.717, 1.165) is 12.8 Å². The fourth-order valence-electron chi connectivity index (χ4n) is 1.97. The van der Waals surface area contributed by atoms with Crippen molar-refractivity contribution in [3.63, 3.8) is 0 Å². The Hall–Kier alpha value is -0.610. The van der Waals surface area contributed by atoms with E-state index in [0.29, 0.717) is 13.1 Å². The summed E-state index contributed by atoms with van der Waals surface area (Å²) in [6, 6.07) is 0. The molecule has 0 aromatic heterocycles. The van der Waals surface area contributed by atoms with Gasteiger partial charge in [-0.05, 0) is 40.5 Å². The third-order valence-corrected chi connectivity index (χ3v) is 2.72. The molecule has 4 nitrogen and oxygen atoms in total. The van der Waals surface area contributed by atoms with Gasteiger partial charge in [0, 0.05) is 13.1 Å². The zero-order chi connectivity index (χ0) is 12.3. The number of nitrogens with zero attached hydrogens (tertiary/aromatic N) is 1. The summed E-state index contributed by atoms with van der Waals surface area (Å²) in [5.41, 5.74) is -1.26. The molecule has 1 rings (SSSR count). The monoisotopic (exact) mass is 229 g/mol. The van der Waals surface area contributed by atoms with Crippen LogP contribution in [0.3, 0.4) is 0 Å². The van der Waals surface area contributed by atoms with Crippen LogP contribution in [-0.2, 0) is 9.53 Å². The van der Waals surface area contributed by atoms with E-state index < -0.39 is 5.60 Å². The molecule has 0 radical (unpaired) electrons. The molecule has 94 valence electrons. The lowest BCUT2D eigenvalue weighted by molar-refractivity contribution is -0.150. The van der Waals surface area contributed by atoms with Gasteiger partial charge in [-0.1, -0.05) is 0 Å². The number of rotatable bonds is 3. The van der Waals surface area contributed by atoms with Crippen LogP contribution in [0.5, 0.6) is 0 Å². The molecule has 0 aliphatic carbocycles. The first-order valence-electron chi connectivity index (χ1n) is 5.98. The van der Waals surface area contributed by atoms with Crippen LogP contribution in [0.15, 0.2) is 0 Å². The molecular weight excluding hydrogens is 206 g/mol. The highest BCUT2D eigenvalue weighted by atomic mass is 16.5. The largest absolute Gasteiger partial charge is 0.381 e. The average molecular weight is 229 g/mol. The SMILES string of the molecule is CC(C)OC1CCN(C(=O)C(C)(C)O)CC1. The van der Waals surface area contributed by atoms with E-state index in [1.807, 2.05) is 13.8 Å². The van der Waals surface area contributed by atoms with Crippen LogP contribution in [-0.4, -0.2) is 46.8 Å². The van der Waals surface area contributed by atoms with Crippen molar-refractivity contribution >= 4 is 5.91 Å². The minimum atomic E-state index is -1.26. The van der Waals surface area contributed by atoms with E-state index in [1.54, 1.807) is 4.90 Å². The number of piperidine rings is 1. The number of hydrogen-bond donors (Lipinski definition) is 1. The van der Waals surface area contributed by atoms with E-state index in [4.69, 9.17) is 4.74 Å². The van der Waals surface area contributed by atoms with Gasteiger partial charge in [0.1, 0.15) is 5.60 Å². The van der Waals surface area contributed by atoms with E-state index in [9.17, 15) is 9.90 Å². The van der Waals surface area contributed by atoms with Gasteiger partial charge in [-0.15, -0.1) is 0 Å². The third kappa shape index (κ3) is 3.76. The Morgan fingerprint density at radius 1 is 1.38 bits per heavy atom. The van der Waals surface area contributed by atoms with E-state index in [2.05, 4.69) is 0 Å². The minimum Gasteiger partial charge on any atom is -0.381 e. The molecule has 1 heterocycles. The van der Waals surface area contributed by atoms with E-state index in [-0.39, 0.29) is 18.1 Å². The van der Waals surface area contributed by atoms with Crippen molar-refractivity contribution < 1.29 is 14.6 Å². The summed E-state index contributed by atoms with van der Waals surface area (Å²) in [5, 5.41) is 9.63. The first kappa shape index (κ1) is 13.5. The number of amides is 1. The average Bonchev–Trinajstić information content (AvgIpc) is 2.15. The molecule has 0 saturated carbocycles. The molecule has 0 bridgehead atoms. The predicted molar refractivity (Wildman–Crippen MR) is 62.1 cm³/mol. The van der Waals surface area contributed by atoms with Gasteiger partial charge in [0.2, 0.25) is 0 Å². The molecule has 0 atom stereocenters. The summed E-state index contributed by atoms with van der Waals surface area (Å²) in [6.07, 6.45) is 2.22. The molecule has 4 heteroatoms. The van der Waals surface area contributed by atoms with Crippen LogP contribution >= 0.6 is 0 Å². The van der Waals surface area contributed by atoms with Gasteiger partial charge < -0.3 is 14.7 Å². The Balaban J connectivity index is 2.40. The zero-order valence-electron chi connectivity index (χ0n) is 10.7. The van der Waals surface area contributed by atoms with Gasteiger partial charge >= 0.3 is 0 Å². The molecule has 0 aromatic carbocycles. The predicted octanol–water partition coefficient (Wildman–Crippen LogP) is 1.17. The maximum atomic E-state index is 11.8. The number of likely N-dealkylation sites (tertiary alicyclic amines) is 1. The van der Waals surface area contributed by atoms with E-state index >= 15 is 0 Å². The Morgan fingerprint density at radius 2 is 1.88 bits per heavy atom. The van der Waals surface area contributed by atoms with Crippen LogP contribution in [0.25, 0.3) is 0 Å². The second-order valence-electron chi connectivity index (χ2n) is 5.24. The summed E-state index contributed by atoms with van der Waals surface area (Å²) < 4.78 is 5.70. The van der Waals surface area contributed by atoms with Gasteiger partial charge in [0.25, 0.3) is 5.91 Å². The summed E-state index contributed by atoms with van der Waals surface area (Å²) in [5.74, 6) is -0.185. The highest BCUT2D eigenvalue weighted by Gasteiger charge is 2.32. The molecule has 0 spiro atoms. The first-order chi connectivity index (χ1) is 7.30. The van der Waals surface area contributed by atoms with Crippen LogP contribution in [0.4, 0.5) is 0 Å². The van der Waals surface area contributed by atoms with E-state index in [1.165, 1.54) is 13.8 Å². The van der Waals surface area contributed by atoms with Crippen molar-refractivity contribution in [2.24, 2.45) is 0 Å². The zero-order valence-corrected chi connectivity index (χ0v) is 10.7. The molecule has 1 amide bonds. The summed E-state index contributed by atoms with van der Waals surface area (Å²) in [7, 11) is 0. The van der Waals surface area contributed by atoms with Crippen molar-refractivity contribution in [2.45, 2.75) is 58.3 Å². The third-order valence-electron chi connectivity index (χ3n) is 2.72. The molecule has 1 saturated heterocycles. The minimum absolute atomic E-state index is 0.185. The maximum absolute atomic E-state index is 11.8. The molecule has 0 unspecified atom stereocenters. The quantitative estimate of drug-likeness (QED) is 0.790. The Bertz CT molecular complexity index is 237. The molecule has 1 aliphatic rings. The lowest BCUT2D eigenvalue weighted by Crippen LogP contribution is -2.49. The number of aliphatic hydroxyl groups is 1. The molecular formula is C12H23NO3. The Morgan fingerprint density at radius 3 is 2.25 bits per heavy atom. The summed E-state index contributed by atoms with van der Waals surface area (Å²) >= 11 is 0. The fourth-order valence-corrected chi connectivity index (χ4v) is 1.97. The van der Waals surface area contributed by atoms with Crippen LogP contribution in [0.2, 0.25) is 0 Å². The lowest BCUT2D eigenvalue weighted by atomic mass is 10.0. The fraction of sp³-hybridized carbons (Fsp3) is 0.917. The first-order valence-corrected chi connectivity index (χ1v) is 5.98. The maximum Gasteiger partial charge on any atom is 0.253 e. The molecule has 1 aliphatic heterocycles. The van der Waals surface area contributed by atoms with Crippen LogP contribution < -0.4 is 0 Å². The highest BCUT2D eigenvalue weighted by molar-refractivity contribution is 5.84. The standard InChI is InChI=1S/C12H23NO3/c1-9(2)16-10-5-7-13(8-6-10)11(14)12(3,4)15/h9-10,15H,5-8H2,1-4H3. The second kappa shape index (κ2) is 5.15. The van der Waals surface area contributed by atoms with Crippen molar-refractivity contribution in [3.05, 3.63) is 0 Å². The lowest BCUT2D eigenvalue weighted by Gasteiger charge is -2.35. The molecule has 0 aromatic rings. The highest BCUT2D eigenvalue weighted by Crippen LogP contribution is 2.18. The molecule has 16 heavy (non-hydrogen) atoms. The molecule has 1 fully saturated rings. The Kier molecular flexibility index (Phi) is 4.33. The van der Waals surface area contributed by atoms with Crippen molar-refractivity contribution in [3.8, 4) is 0 Å². The Labute approximate surface area is 97.6 Å². The van der Waals surface area contributed by atoms with Crippen LogP contribution in [0, 0.1) is 0 Å². The van der Waals surface area contributed by atoms with Gasteiger partial charge in [-0.3, -0.25) is 4.79 Å². The van der Waals surface area contributed by atoms with Crippen molar-refractivity contribution in [2.75, 3.05) is 13.1 Å². The topological polar surface area (TPSA) is 49.8 Å². The second-order valence-corrected chi connectivity index (χ2v) is 5.24. The number of carbonyl (C=O) groups is 1. The molecule has 1 N–H and O–H groups in total. The van der Waals surface area contributed by atoms with Gasteiger partial charge in [0.15, 0.2) is 0 Å². The van der Waals surface area contributed by atoms with Crippen LogP contribution in [0.1, 0.15) is 40.5 Å². The van der Waals surface area contributed by atoms with Gasteiger partial charge in [0.05, 0.1) is 12.2 Å². The summed E-state index contributed by atoms with van der Waals surface area (Å²) in [4.78, 5) is 13.5. The van der Waals surface area contributed by atoms with Gasteiger partial charge in [-0.25, -0.2) is 0 Å².